The van der Waals surface area contributed by atoms with Crippen molar-refractivity contribution in [2.45, 2.75) is 0 Å². The lowest BCUT2D eigenvalue weighted by atomic mass is 10.1. The third kappa shape index (κ3) is 1.97. The highest BCUT2D eigenvalue weighted by Crippen LogP contribution is 2.35. The van der Waals surface area contributed by atoms with Crippen molar-refractivity contribution in [3.63, 3.8) is 0 Å². The molecule has 0 spiro atoms. The van der Waals surface area contributed by atoms with Crippen LogP contribution < -0.4 is 10.5 Å². The Morgan fingerprint density at radius 2 is 2.29 bits per heavy atom. The summed E-state index contributed by atoms with van der Waals surface area (Å²) in [5.74, 6) is 0.600. The molecule has 0 saturated heterocycles. The number of nitrogens with zero attached hydrogens (tertiary/aromatic N) is 2. The van der Waals surface area contributed by atoms with Crippen LogP contribution in [0.15, 0.2) is 27.2 Å². The number of hydrogen-bond acceptors (Lipinski definition) is 5. The standard InChI is InChI=1S/C11H8BrN3O2/c1-16-9-3-2-6(12)4-7(9)10-8(5-13)11(14)17-15-10/h2-4H,14H2,1H3. The summed E-state index contributed by atoms with van der Waals surface area (Å²) in [5, 5.41) is 12.8. The molecule has 0 amide bonds. The zero-order valence-electron chi connectivity index (χ0n) is 8.90. The molecular formula is C11H8BrN3O2. The van der Waals surface area contributed by atoms with E-state index in [-0.39, 0.29) is 11.4 Å². The monoisotopic (exact) mass is 293 g/mol. The van der Waals surface area contributed by atoms with E-state index in [9.17, 15) is 0 Å². The Labute approximate surface area is 106 Å². The molecule has 6 heteroatoms. The lowest BCUT2D eigenvalue weighted by Gasteiger charge is -2.06. The minimum absolute atomic E-state index is 0.00419. The molecule has 1 aromatic carbocycles. The molecule has 1 aromatic heterocycles. The SMILES string of the molecule is COc1ccc(Br)cc1-c1noc(N)c1C#N. The first-order valence-corrected chi connectivity index (χ1v) is 5.45. The van der Waals surface area contributed by atoms with Gasteiger partial charge in [-0.25, -0.2) is 0 Å². The van der Waals surface area contributed by atoms with Crippen LogP contribution in [0.1, 0.15) is 5.56 Å². The van der Waals surface area contributed by atoms with E-state index in [0.717, 1.165) is 4.47 Å². The van der Waals surface area contributed by atoms with Gasteiger partial charge in [0.05, 0.1) is 7.11 Å². The fraction of sp³-hybridized carbons (Fsp3) is 0.0909. The lowest BCUT2D eigenvalue weighted by Crippen LogP contribution is -1.91. The molecule has 86 valence electrons. The number of nitriles is 1. The molecule has 2 aromatic rings. The van der Waals surface area contributed by atoms with Gasteiger partial charge in [-0.05, 0) is 18.2 Å². The van der Waals surface area contributed by atoms with Crippen molar-refractivity contribution in [1.82, 2.24) is 5.16 Å². The summed E-state index contributed by atoms with van der Waals surface area (Å²) in [4.78, 5) is 0. The Morgan fingerprint density at radius 3 is 2.94 bits per heavy atom. The number of hydrogen-bond donors (Lipinski definition) is 1. The zero-order chi connectivity index (χ0) is 12.4. The van der Waals surface area contributed by atoms with Crippen LogP contribution in [-0.2, 0) is 0 Å². The maximum Gasteiger partial charge on any atom is 0.240 e. The predicted octanol–water partition coefficient (Wildman–Crippen LogP) is 2.57. The van der Waals surface area contributed by atoms with Gasteiger partial charge in [0.1, 0.15) is 23.1 Å². The second-order valence-corrected chi connectivity index (χ2v) is 4.14. The molecule has 0 atom stereocenters. The Hall–Kier alpha value is -2.00. The van der Waals surface area contributed by atoms with Gasteiger partial charge in [-0.15, -0.1) is 0 Å². The molecule has 5 nitrogen and oxygen atoms in total. The summed E-state index contributed by atoms with van der Waals surface area (Å²) in [6, 6.07) is 7.35. The molecule has 2 rings (SSSR count). The maximum absolute atomic E-state index is 9.00. The average Bonchev–Trinajstić information content (AvgIpc) is 2.70. The topological polar surface area (TPSA) is 85.1 Å². The number of nitrogens with two attached hydrogens (primary N) is 1. The van der Waals surface area contributed by atoms with Gasteiger partial charge in [0, 0.05) is 10.0 Å². The van der Waals surface area contributed by atoms with Gasteiger partial charge >= 0.3 is 0 Å². The Morgan fingerprint density at radius 1 is 1.53 bits per heavy atom. The third-order valence-electron chi connectivity index (χ3n) is 2.25. The van der Waals surface area contributed by atoms with Crippen LogP contribution in [0.5, 0.6) is 5.75 Å². The van der Waals surface area contributed by atoms with E-state index < -0.39 is 0 Å². The molecule has 0 radical (unpaired) electrons. The van der Waals surface area contributed by atoms with Crippen LogP contribution in [0.3, 0.4) is 0 Å². The van der Waals surface area contributed by atoms with Gasteiger partial charge < -0.3 is 15.0 Å². The van der Waals surface area contributed by atoms with Crippen LogP contribution >= 0.6 is 15.9 Å². The first-order valence-electron chi connectivity index (χ1n) is 4.66. The molecule has 0 bridgehead atoms. The molecule has 0 saturated carbocycles. The third-order valence-corrected chi connectivity index (χ3v) is 2.74. The van der Waals surface area contributed by atoms with Gasteiger partial charge in [-0.2, -0.15) is 5.26 Å². The van der Waals surface area contributed by atoms with Crippen molar-refractivity contribution >= 4 is 21.8 Å². The van der Waals surface area contributed by atoms with E-state index in [2.05, 4.69) is 21.1 Å². The second kappa shape index (κ2) is 4.47. The highest BCUT2D eigenvalue weighted by Gasteiger charge is 2.18. The molecular weight excluding hydrogens is 286 g/mol. The molecule has 0 aliphatic rings. The van der Waals surface area contributed by atoms with Crippen LogP contribution in [-0.4, -0.2) is 12.3 Å². The molecule has 2 N–H and O–H groups in total. The van der Waals surface area contributed by atoms with Crippen molar-refractivity contribution in [2.75, 3.05) is 12.8 Å². The van der Waals surface area contributed by atoms with Crippen LogP contribution in [0.25, 0.3) is 11.3 Å². The summed E-state index contributed by atoms with van der Waals surface area (Å²) in [6.45, 7) is 0. The van der Waals surface area contributed by atoms with Gasteiger partial charge in [-0.1, -0.05) is 21.1 Å². The van der Waals surface area contributed by atoms with E-state index in [4.69, 9.17) is 20.3 Å². The van der Waals surface area contributed by atoms with Gasteiger partial charge in [0.2, 0.25) is 5.88 Å². The summed E-state index contributed by atoms with van der Waals surface area (Å²) >= 11 is 3.35. The number of nitrogen functional groups attached to an aromatic ring is 1. The Bertz CT molecular complexity index is 601. The minimum Gasteiger partial charge on any atom is -0.496 e. The van der Waals surface area contributed by atoms with Gasteiger partial charge in [0.25, 0.3) is 0 Å². The molecule has 0 unspecified atom stereocenters. The van der Waals surface area contributed by atoms with Crippen LogP contribution in [0, 0.1) is 11.3 Å². The lowest BCUT2D eigenvalue weighted by molar-refractivity contribution is 0.414. The van der Waals surface area contributed by atoms with Crippen LogP contribution in [0.2, 0.25) is 0 Å². The fourth-order valence-corrected chi connectivity index (χ4v) is 1.82. The first kappa shape index (κ1) is 11.5. The summed E-state index contributed by atoms with van der Waals surface area (Å²) < 4.78 is 10.9. The number of anilines is 1. The summed E-state index contributed by atoms with van der Waals surface area (Å²) in [6.07, 6.45) is 0. The summed E-state index contributed by atoms with van der Waals surface area (Å²) in [5.41, 5.74) is 6.75. The molecule has 0 aliphatic heterocycles. The van der Waals surface area contributed by atoms with Crippen molar-refractivity contribution in [1.29, 1.82) is 5.26 Å². The quantitative estimate of drug-likeness (QED) is 0.920. The fourth-order valence-electron chi connectivity index (χ4n) is 1.46. The van der Waals surface area contributed by atoms with Crippen molar-refractivity contribution in [3.8, 4) is 23.1 Å². The van der Waals surface area contributed by atoms with Gasteiger partial charge in [0.15, 0.2) is 0 Å². The van der Waals surface area contributed by atoms with E-state index in [1.165, 1.54) is 0 Å². The molecule has 0 fully saturated rings. The number of benzene rings is 1. The zero-order valence-corrected chi connectivity index (χ0v) is 10.5. The van der Waals surface area contributed by atoms with Gasteiger partial charge in [-0.3, -0.25) is 0 Å². The van der Waals surface area contributed by atoms with E-state index in [0.29, 0.717) is 17.0 Å². The predicted molar refractivity (Wildman–Crippen MR) is 65.3 cm³/mol. The second-order valence-electron chi connectivity index (χ2n) is 3.23. The van der Waals surface area contributed by atoms with E-state index in [1.54, 1.807) is 19.2 Å². The van der Waals surface area contributed by atoms with Crippen molar-refractivity contribution in [3.05, 3.63) is 28.2 Å². The summed E-state index contributed by atoms with van der Waals surface area (Å²) in [7, 11) is 1.54. The molecule has 17 heavy (non-hydrogen) atoms. The minimum atomic E-state index is 0.00419. The van der Waals surface area contributed by atoms with Crippen LogP contribution in [0.4, 0.5) is 5.88 Å². The normalized spacial score (nSPS) is 9.94. The Balaban J connectivity index is 2.68. The number of methoxy groups -OCH3 is 1. The number of rotatable bonds is 2. The smallest absolute Gasteiger partial charge is 0.240 e. The maximum atomic E-state index is 9.00. The molecule has 1 heterocycles. The number of aromatic nitrogens is 1. The number of ether oxygens (including phenoxy) is 1. The van der Waals surface area contributed by atoms with E-state index >= 15 is 0 Å². The number of halogens is 1. The van der Waals surface area contributed by atoms with Crippen molar-refractivity contribution < 1.29 is 9.26 Å². The molecule has 0 aliphatic carbocycles. The van der Waals surface area contributed by atoms with Crippen molar-refractivity contribution in [2.24, 2.45) is 0 Å². The Kier molecular flexibility index (Phi) is 3.02. The average molecular weight is 294 g/mol. The highest BCUT2D eigenvalue weighted by molar-refractivity contribution is 9.10. The highest BCUT2D eigenvalue weighted by atomic mass is 79.9. The van der Waals surface area contributed by atoms with E-state index in [1.807, 2.05) is 12.1 Å². The first-order chi connectivity index (χ1) is 8.17. The largest absolute Gasteiger partial charge is 0.496 e.